The summed E-state index contributed by atoms with van der Waals surface area (Å²) in [6.45, 7) is 3.09. The highest BCUT2D eigenvalue weighted by Gasteiger charge is 2.32. The SMILES string of the molecule is Cc1nc(N)c2c3ccccc3n(Cc3ccc(C(C(=O)NCc4ccccc4)C4CCCC4)cc3)c2n1. The van der Waals surface area contributed by atoms with Crippen molar-refractivity contribution in [3.05, 3.63) is 101 Å². The van der Waals surface area contributed by atoms with Gasteiger partial charge in [0.25, 0.3) is 0 Å². The van der Waals surface area contributed by atoms with Gasteiger partial charge in [0, 0.05) is 18.5 Å². The van der Waals surface area contributed by atoms with Crippen LogP contribution in [0, 0.1) is 12.8 Å². The van der Waals surface area contributed by atoms with Crippen molar-refractivity contribution in [2.24, 2.45) is 5.92 Å². The molecule has 1 unspecified atom stereocenters. The van der Waals surface area contributed by atoms with E-state index < -0.39 is 0 Å². The number of amides is 1. The number of carbonyl (C=O) groups is 1. The van der Waals surface area contributed by atoms with Crippen molar-refractivity contribution >= 4 is 33.7 Å². The predicted octanol–water partition coefficient (Wildman–Crippen LogP) is 6.11. The third-order valence-electron chi connectivity index (χ3n) is 7.89. The monoisotopic (exact) mass is 503 g/mol. The molecule has 1 aliphatic rings. The second-order valence-corrected chi connectivity index (χ2v) is 10.4. The van der Waals surface area contributed by atoms with Crippen LogP contribution in [0.5, 0.6) is 0 Å². The van der Waals surface area contributed by atoms with Crippen LogP contribution in [0.1, 0.15) is 54.1 Å². The van der Waals surface area contributed by atoms with Crippen molar-refractivity contribution in [3.8, 4) is 0 Å². The Morgan fingerprint density at radius 1 is 0.947 bits per heavy atom. The van der Waals surface area contributed by atoms with Gasteiger partial charge in [-0.05, 0) is 48.4 Å². The number of nitrogens with one attached hydrogen (secondary N) is 1. The van der Waals surface area contributed by atoms with Crippen molar-refractivity contribution in [3.63, 3.8) is 0 Å². The lowest BCUT2D eigenvalue weighted by Crippen LogP contribution is -2.32. The van der Waals surface area contributed by atoms with Gasteiger partial charge in [-0.2, -0.15) is 0 Å². The third-order valence-corrected chi connectivity index (χ3v) is 7.89. The maximum atomic E-state index is 13.5. The molecule has 1 aliphatic carbocycles. The predicted molar refractivity (Wildman–Crippen MR) is 153 cm³/mol. The van der Waals surface area contributed by atoms with Crippen LogP contribution in [0.4, 0.5) is 5.82 Å². The molecule has 192 valence electrons. The molecule has 6 heteroatoms. The van der Waals surface area contributed by atoms with Crippen molar-refractivity contribution < 1.29 is 4.79 Å². The molecule has 38 heavy (non-hydrogen) atoms. The maximum absolute atomic E-state index is 13.5. The van der Waals surface area contributed by atoms with E-state index in [4.69, 9.17) is 10.7 Å². The molecule has 3 aromatic carbocycles. The molecular formula is C32H33N5O. The van der Waals surface area contributed by atoms with E-state index >= 15 is 0 Å². The molecule has 1 fully saturated rings. The standard InChI is InChI=1S/C32H33N5O/c1-21-35-30(33)29-26-13-7-8-14-27(26)37(31(29)36-21)20-23-15-17-25(18-16-23)28(24-11-5-6-12-24)32(38)34-19-22-9-3-2-4-10-22/h2-4,7-10,13-18,24,28H,5-6,11-12,19-20H2,1H3,(H,34,38)(H2,33,35,36). The van der Waals surface area contributed by atoms with Gasteiger partial charge in [-0.1, -0.05) is 85.6 Å². The minimum absolute atomic E-state index is 0.124. The van der Waals surface area contributed by atoms with E-state index in [0.717, 1.165) is 51.5 Å². The molecule has 2 heterocycles. The number of anilines is 1. The van der Waals surface area contributed by atoms with E-state index in [1.54, 1.807) is 0 Å². The van der Waals surface area contributed by atoms with Gasteiger partial charge in [0.1, 0.15) is 17.3 Å². The number of nitrogens with zero attached hydrogens (tertiary/aromatic N) is 3. The van der Waals surface area contributed by atoms with Gasteiger partial charge in [0.05, 0.1) is 16.8 Å². The highest BCUT2D eigenvalue weighted by molar-refractivity contribution is 6.11. The number of aromatic nitrogens is 3. The molecule has 0 spiro atoms. The summed E-state index contributed by atoms with van der Waals surface area (Å²) in [4.78, 5) is 22.6. The molecule has 0 radical (unpaired) electrons. The van der Waals surface area contributed by atoms with Gasteiger partial charge >= 0.3 is 0 Å². The van der Waals surface area contributed by atoms with Gasteiger partial charge < -0.3 is 15.6 Å². The molecule has 1 saturated carbocycles. The fraction of sp³-hybridized carbons (Fsp3) is 0.281. The van der Waals surface area contributed by atoms with Crippen molar-refractivity contribution in [2.75, 3.05) is 5.73 Å². The van der Waals surface area contributed by atoms with Gasteiger partial charge in [0.2, 0.25) is 5.91 Å². The van der Waals surface area contributed by atoms with Crippen molar-refractivity contribution in [1.82, 2.24) is 19.9 Å². The molecule has 2 aromatic heterocycles. The minimum Gasteiger partial charge on any atom is -0.383 e. The highest BCUT2D eigenvalue weighted by Crippen LogP contribution is 2.38. The van der Waals surface area contributed by atoms with Crippen LogP contribution >= 0.6 is 0 Å². The Morgan fingerprint density at radius 2 is 1.66 bits per heavy atom. The van der Waals surface area contributed by atoms with Gasteiger partial charge in [-0.25, -0.2) is 9.97 Å². The lowest BCUT2D eigenvalue weighted by atomic mass is 9.83. The quantitative estimate of drug-likeness (QED) is 0.280. The van der Waals surface area contributed by atoms with Crippen LogP contribution in [-0.4, -0.2) is 20.4 Å². The summed E-state index contributed by atoms with van der Waals surface area (Å²) in [5.74, 6) is 1.56. The number of aryl methyl sites for hydroxylation is 1. The topological polar surface area (TPSA) is 85.8 Å². The molecule has 0 bridgehead atoms. The van der Waals surface area contributed by atoms with Crippen LogP contribution in [-0.2, 0) is 17.9 Å². The number of nitrogens with two attached hydrogens (primary N) is 1. The third kappa shape index (κ3) is 4.62. The largest absolute Gasteiger partial charge is 0.383 e. The molecule has 1 amide bonds. The first-order chi connectivity index (χ1) is 18.6. The average Bonchev–Trinajstić information content (AvgIpc) is 3.56. The Kier molecular flexibility index (Phi) is 6.54. The average molecular weight is 504 g/mol. The Morgan fingerprint density at radius 3 is 2.42 bits per heavy atom. The molecular weight excluding hydrogens is 470 g/mol. The number of benzene rings is 3. The smallest absolute Gasteiger partial charge is 0.228 e. The zero-order valence-corrected chi connectivity index (χ0v) is 21.7. The first-order valence-corrected chi connectivity index (χ1v) is 13.5. The molecule has 0 aliphatic heterocycles. The van der Waals surface area contributed by atoms with Gasteiger partial charge in [0.15, 0.2) is 0 Å². The van der Waals surface area contributed by atoms with Crippen LogP contribution in [0.15, 0.2) is 78.9 Å². The van der Waals surface area contributed by atoms with E-state index in [1.165, 1.54) is 12.8 Å². The Labute approximate surface area is 222 Å². The van der Waals surface area contributed by atoms with Crippen LogP contribution in [0.25, 0.3) is 21.9 Å². The summed E-state index contributed by atoms with van der Waals surface area (Å²) < 4.78 is 2.21. The summed E-state index contributed by atoms with van der Waals surface area (Å²) in [7, 11) is 0. The zero-order valence-electron chi connectivity index (χ0n) is 21.7. The van der Waals surface area contributed by atoms with Crippen LogP contribution in [0.3, 0.4) is 0 Å². The number of nitrogen functional groups attached to an aromatic ring is 1. The molecule has 6 rings (SSSR count). The number of hydrogen-bond donors (Lipinski definition) is 2. The maximum Gasteiger partial charge on any atom is 0.228 e. The number of rotatable bonds is 7. The Bertz CT molecular complexity index is 1580. The van der Waals surface area contributed by atoms with E-state index in [-0.39, 0.29) is 11.8 Å². The lowest BCUT2D eigenvalue weighted by Gasteiger charge is -2.23. The Balaban J connectivity index is 1.29. The lowest BCUT2D eigenvalue weighted by molar-refractivity contribution is -0.123. The van der Waals surface area contributed by atoms with E-state index in [2.05, 4.69) is 51.3 Å². The second kappa shape index (κ2) is 10.3. The highest BCUT2D eigenvalue weighted by atomic mass is 16.1. The van der Waals surface area contributed by atoms with Crippen LogP contribution < -0.4 is 11.1 Å². The van der Waals surface area contributed by atoms with Crippen molar-refractivity contribution in [2.45, 2.75) is 51.6 Å². The summed E-state index contributed by atoms with van der Waals surface area (Å²) in [6, 6.07) is 26.9. The van der Waals surface area contributed by atoms with Crippen LogP contribution in [0.2, 0.25) is 0 Å². The van der Waals surface area contributed by atoms with E-state index in [9.17, 15) is 4.79 Å². The van der Waals surface area contributed by atoms with E-state index in [1.807, 2.05) is 49.4 Å². The minimum atomic E-state index is -0.126. The summed E-state index contributed by atoms with van der Waals surface area (Å²) in [6.07, 6.45) is 4.60. The summed E-state index contributed by atoms with van der Waals surface area (Å²) in [5, 5.41) is 5.17. The fourth-order valence-electron chi connectivity index (χ4n) is 6.06. The molecule has 3 N–H and O–H groups in total. The first kappa shape index (κ1) is 24.2. The number of hydrogen-bond acceptors (Lipinski definition) is 4. The summed E-state index contributed by atoms with van der Waals surface area (Å²) in [5.41, 5.74) is 11.6. The fourth-order valence-corrected chi connectivity index (χ4v) is 6.06. The van der Waals surface area contributed by atoms with Gasteiger partial charge in [-0.3, -0.25) is 4.79 Å². The van der Waals surface area contributed by atoms with E-state index in [0.29, 0.717) is 30.6 Å². The molecule has 6 nitrogen and oxygen atoms in total. The summed E-state index contributed by atoms with van der Waals surface area (Å²) >= 11 is 0. The number of fused-ring (bicyclic) bond motifs is 3. The second-order valence-electron chi connectivity index (χ2n) is 10.4. The Hall–Kier alpha value is -4.19. The molecule has 5 aromatic rings. The van der Waals surface area contributed by atoms with Crippen molar-refractivity contribution in [1.29, 1.82) is 0 Å². The number of para-hydroxylation sites is 1. The molecule has 1 atom stereocenters. The van der Waals surface area contributed by atoms with Gasteiger partial charge in [-0.15, -0.1) is 0 Å². The number of carbonyl (C=O) groups excluding carboxylic acids is 1. The zero-order chi connectivity index (χ0) is 26.1. The first-order valence-electron chi connectivity index (χ1n) is 13.5. The normalized spacial score (nSPS) is 14.8. The molecule has 0 saturated heterocycles.